The molecule has 0 aliphatic heterocycles. The van der Waals surface area contributed by atoms with Crippen LogP contribution in [-0.2, 0) is 6.54 Å². The third-order valence-corrected chi connectivity index (χ3v) is 3.30. The van der Waals surface area contributed by atoms with Crippen LogP contribution in [0.2, 0.25) is 5.02 Å². The molecule has 2 aromatic rings. The number of hydrogen-bond donors (Lipinski definition) is 2. The van der Waals surface area contributed by atoms with E-state index in [1.807, 2.05) is 36.4 Å². The first kappa shape index (κ1) is 14.2. The molecule has 0 amide bonds. The van der Waals surface area contributed by atoms with E-state index in [0.29, 0.717) is 17.5 Å². The van der Waals surface area contributed by atoms with Crippen LogP contribution in [0, 0.1) is 0 Å². The smallest absolute Gasteiger partial charge is 0.172 e. The molecule has 0 radical (unpaired) electrons. The van der Waals surface area contributed by atoms with E-state index in [0.717, 1.165) is 15.1 Å². The third kappa shape index (κ3) is 4.78. The standard InChI is InChI=1S/C13H11BrClN3S/c14-10-3-6-12(16-8-10)18-13(19)17-7-9-1-4-11(15)5-2-9/h1-6,8H,7H2,(H2,16,17,18,19). The minimum atomic E-state index is 0.532. The lowest BCUT2D eigenvalue weighted by Crippen LogP contribution is -2.28. The summed E-state index contributed by atoms with van der Waals surface area (Å²) in [7, 11) is 0. The second-order valence-corrected chi connectivity index (χ2v) is 5.56. The molecule has 19 heavy (non-hydrogen) atoms. The van der Waals surface area contributed by atoms with Crippen LogP contribution in [-0.4, -0.2) is 10.1 Å². The number of anilines is 1. The van der Waals surface area contributed by atoms with Gasteiger partial charge in [0.2, 0.25) is 0 Å². The number of pyridine rings is 1. The Bertz CT molecular complexity index is 557. The SMILES string of the molecule is S=C(NCc1ccc(Cl)cc1)Nc1ccc(Br)cn1. The zero-order chi connectivity index (χ0) is 13.7. The lowest BCUT2D eigenvalue weighted by molar-refractivity contribution is 0.925. The van der Waals surface area contributed by atoms with Crippen molar-refractivity contribution in [2.24, 2.45) is 0 Å². The summed E-state index contributed by atoms with van der Waals surface area (Å²) < 4.78 is 0.929. The van der Waals surface area contributed by atoms with Crippen LogP contribution in [0.15, 0.2) is 47.1 Å². The lowest BCUT2D eigenvalue weighted by Gasteiger charge is -2.10. The van der Waals surface area contributed by atoms with E-state index in [1.54, 1.807) is 6.20 Å². The van der Waals surface area contributed by atoms with Crippen molar-refractivity contribution < 1.29 is 0 Å². The molecule has 2 N–H and O–H groups in total. The summed E-state index contributed by atoms with van der Waals surface area (Å²) in [5, 5.41) is 7.38. The molecule has 0 aliphatic rings. The molecule has 3 nitrogen and oxygen atoms in total. The van der Waals surface area contributed by atoms with Crippen molar-refractivity contribution in [3.8, 4) is 0 Å². The van der Waals surface area contributed by atoms with E-state index in [-0.39, 0.29) is 0 Å². The first-order valence-corrected chi connectivity index (χ1v) is 7.12. The van der Waals surface area contributed by atoms with Crippen LogP contribution in [0.4, 0.5) is 5.82 Å². The number of rotatable bonds is 3. The Labute approximate surface area is 130 Å². The molecule has 0 saturated carbocycles. The molecule has 0 fully saturated rings. The van der Waals surface area contributed by atoms with Gasteiger partial charge in [0.05, 0.1) is 0 Å². The predicted molar refractivity (Wildman–Crippen MR) is 86.4 cm³/mol. The highest BCUT2D eigenvalue weighted by molar-refractivity contribution is 9.10. The molecule has 6 heteroatoms. The van der Waals surface area contributed by atoms with Crippen LogP contribution in [0.25, 0.3) is 0 Å². The molecule has 0 unspecified atom stereocenters. The van der Waals surface area contributed by atoms with E-state index in [9.17, 15) is 0 Å². The number of aromatic nitrogens is 1. The first-order valence-electron chi connectivity index (χ1n) is 5.54. The fraction of sp³-hybridized carbons (Fsp3) is 0.0769. The Hall–Kier alpha value is -1.17. The van der Waals surface area contributed by atoms with Crippen molar-refractivity contribution in [1.29, 1.82) is 0 Å². The predicted octanol–water partition coefficient (Wildman–Crippen LogP) is 3.98. The topological polar surface area (TPSA) is 37.0 Å². The fourth-order valence-corrected chi connectivity index (χ4v) is 1.93. The van der Waals surface area contributed by atoms with Gasteiger partial charge in [-0.15, -0.1) is 0 Å². The minimum Gasteiger partial charge on any atom is -0.358 e. The van der Waals surface area contributed by atoms with Crippen LogP contribution in [0.5, 0.6) is 0 Å². The zero-order valence-corrected chi connectivity index (χ0v) is 13.0. The number of thiocarbonyl (C=S) groups is 1. The average molecular weight is 357 g/mol. The summed E-state index contributed by atoms with van der Waals surface area (Å²) in [6.45, 7) is 0.638. The van der Waals surface area contributed by atoms with Gasteiger partial charge < -0.3 is 10.6 Å². The Kier molecular flexibility index (Phi) is 5.13. The largest absolute Gasteiger partial charge is 0.358 e. The van der Waals surface area contributed by atoms with E-state index >= 15 is 0 Å². The minimum absolute atomic E-state index is 0.532. The molecule has 0 spiro atoms. The van der Waals surface area contributed by atoms with Gasteiger partial charge in [0.15, 0.2) is 5.11 Å². The summed E-state index contributed by atoms with van der Waals surface area (Å²) in [6.07, 6.45) is 1.71. The molecule has 0 saturated heterocycles. The van der Waals surface area contributed by atoms with Crippen LogP contribution in [0.1, 0.15) is 5.56 Å². The van der Waals surface area contributed by atoms with Crippen molar-refractivity contribution in [3.63, 3.8) is 0 Å². The first-order chi connectivity index (χ1) is 9.13. The molecule has 1 aromatic heterocycles. The number of benzene rings is 1. The molecule has 1 aromatic carbocycles. The van der Waals surface area contributed by atoms with Crippen molar-refractivity contribution in [1.82, 2.24) is 10.3 Å². The molecule has 0 atom stereocenters. The number of nitrogens with zero attached hydrogens (tertiary/aromatic N) is 1. The van der Waals surface area contributed by atoms with Gasteiger partial charge in [0.1, 0.15) is 5.82 Å². The highest BCUT2D eigenvalue weighted by Crippen LogP contribution is 2.11. The fourth-order valence-electron chi connectivity index (χ4n) is 1.39. The second kappa shape index (κ2) is 6.84. The number of halogens is 2. The molecule has 2 rings (SSSR count). The van der Waals surface area contributed by atoms with E-state index in [1.165, 1.54) is 0 Å². The van der Waals surface area contributed by atoms with Gasteiger partial charge in [-0.2, -0.15) is 0 Å². The van der Waals surface area contributed by atoms with Crippen molar-refractivity contribution in [2.75, 3.05) is 5.32 Å². The van der Waals surface area contributed by atoms with Crippen LogP contribution in [0.3, 0.4) is 0 Å². The summed E-state index contributed by atoms with van der Waals surface area (Å²) in [5.74, 6) is 0.705. The van der Waals surface area contributed by atoms with E-state index in [2.05, 4.69) is 31.5 Å². The van der Waals surface area contributed by atoms with Gasteiger partial charge in [-0.25, -0.2) is 4.98 Å². The van der Waals surface area contributed by atoms with Gasteiger partial charge in [0.25, 0.3) is 0 Å². The molecular formula is C13H11BrClN3S. The summed E-state index contributed by atoms with van der Waals surface area (Å²) in [4.78, 5) is 4.18. The van der Waals surface area contributed by atoms with Crippen molar-refractivity contribution in [3.05, 3.63) is 57.7 Å². The van der Waals surface area contributed by atoms with Gasteiger partial charge in [-0.05, 0) is 58.0 Å². The molecule has 0 bridgehead atoms. The lowest BCUT2D eigenvalue weighted by atomic mass is 10.2. The molecule has 98 valence electrons. The van der Waals surface area contributed by atoms with E-state index in [4.69, 9.17) is 23.8 Å². The maximum absolute atomic E-state index is 5.82. The summed E-state index contributed by atoms with van der Waals surface area (Å²) in [5.41, 5.74) is 1.11. The van der Waals surface area contributed by atoms with Crippen LogP contribution >= 0.6 is 39.7 Å². The van der Waals surface area contributed by atoms with Crippen molar-refractivity contribution in [2.45, 2.75) is 6.54 Å². The highest BCUT2D eigenvalue weighted by atomic mass is 79.9. The molecular weight excluding hydrogens is 346 g/mol. The van der Waals surface area contributed by atoms with Gasteiger partial charge in [0, 0.05) is 22.2 Å². The molecule has 1 heterocycles. The maximum Gasteiger partial charge on any atom is 0.172 e. The zero-order valence-electron chi connectivity index (χ0n) is 9.86. The van der Waals surface area contributed by atoms with Crippen LogP contribution < -0.4 is 10.6 Å². The quantitative estimate of drug-likeness (QED) is 0.816. The Morgan fingerprint density at radius 1 is 1.21 bits per heavy atom. The van der Waals surface area contributed by atoms with Gasteiger partial charge >= 0.3 is 0 Å². The van der Waals surface area contributed by atoms with Crippen molar-refractivity contribution >= 4 is 50.7 Å². The van der Waals surface area contributed by atoms with E-state index < -0.39 is 0 Å². The summed E-state index contributed by atoms with van der Waals surface area (Å²) >= 11 is 14.3. The Balaban J connectivity index is 1.84. The Morgan fingerprint density at radius 3 is 2.58 bits per heavy atom. The normalized spacial score (nSPS) is 10.0. The maximum atomic E-state index is 5.82. The third-order valence-electron chi connectivity index (χ3n) is 2.34. The number of hydrogen-bond acceptors (Lipinski definition) is 2. The second-order valence-electron chi connectivity index (χ2n) is 3.80. The summed E-state index contributed by atoms with van der Waals surface area (Å²) in [6, 6.07) is 11.4. The molecule has 0 aliphatic carbocycles. The monoisotopic (exact) mass is 355 g/mol. The average Bonchev–Trinajstić information content (AvgIpc) is 2.41. The van der Waals surface area contributed by atoms with Gasteiger partial charge in [-0.1, -0.05) is 23.7 Å². The Morgan fingerprint density at radius 2 is 1.95 bits per heavy atom. The number of nitrogens with one attached hydrogen (secondary N) is 2. The van der Waals surface area contributed by atoms with Gasteiger partial charge in [-0.3, -0.25) is 0 Å². The highest BCUT2D eigenvalue weighted by Gasteiger charge is 1.99.